The number of halogens is 2. The minimum atomic E-state index is -0.956. The lowest BCUT2D eigenvalue weighted by molar-refractivity contribution is -0.142. The zero-order chi connectivity index (χ0) is 15.3. The van der Waals surface area contributed by atoms with E-state index in [4.69, 9.17) is 28.3 Å². The number of carbonyl (C=O) groups excluding carboxylic acids is 1. The molecule has 2 unspecified atom stereocenters. The monoisotopic (exact) mass is 315 g/mol. The van der Waals surface area contributed by atoms with E-state index in [1.807, 2.05) is 0 Å². The molecule has 4 nitrogen and oxygen atoms in total. The second-order valence-corrected chi connectivity index (χ2v) is 5.27. The third-order valence-corrected chi connectivity index (χ3v) is 3.45. The van der Waals surface area contributed by atoms with Gasteiger partial charge in [-0.25, -0.2) is 0 Å². The smallest absolute Gasteiger partial charge is 0.308 e. The molecule has 0 fully saturated rings. The van der Waals surface area contributed by atoms with E-state index < -0.39 is 17.9 Å². The van der Waals surface area contributed by atoms with Crippen LogP contribution in [0.15, 0.2) is 24.3 Å². The normalized spacial score (nSPS) is 14.0. The standard InChI is InChI=1S/C14H15Cl2NO3/c1-8(14(19)20)9(2)17-13(18)6-4-10-3-5-11(15)7-12(10)16/h3-9H,1-2H3,(H,17,18)(H,19,20)/b6-4+. The molecule has 20 heavy (non-hydrogen) atoms. The first-order valence-corrected chi connectivity index (χ1v) is 6.73. The summed E-state index contributed by atoms with van der Waals surface area (Å²) in [5.74, 6) is -1.99. The van der Waals surface area contributed by atoms with E-state index in [1.54, 1.807) is 31.2 Å². The fourth-order valence-electron chi connectivity index (χ4n) is 1.41. The molecule has 1 aromatic rings. The van der Waals surface area contributed by atoms with E-state index in [0.717, 1.165) is 0 Å². The van der Waals surface area contributed by atoms with E-state index in [-0.39, 0.29) is 5.91 Å². The van der Waals surface area contributed by atoms with E-state index in [9.17, 15) is 9.59 Å². The Hall–Kier alpha value is -1.52. The SMILES string of the molecule is CC(NC(=O)/C=C/c1ccc(Cl)cc1Cl)C(C)C(=O)O. The Kier molecular flexibility index (Phi) is 6.05. The van der Waals surface area contributed by atoms with E-state index in [0.29, 0.717) is 15.6 Å². The number of rotatable bonds is 5. The average molecular weight is 316 g/mol. The summed E-state index contributed by atoms with van der Waals surface area (Å²) in [7, 11) is 0. The number of carbonyl (C=O) groups is 2. The summed E-state index contributed by atoms with van der Waals surface area (Å²) in [6, 6.07) is 4.47. The zero-order valence-electron chi connectivity index (χ0n) is 11.1. The molecule has 108 valence electrons. The van der Waals surface area contributed by atoms with Crippen LogP contribution in [0.1, 0.15) is 19.4 Å². The third-order valence-electron chi connectivity index (χ3n) is 2.89. The van der Waals surface area contributed by atoms with Gasteiger partial charge in [0.15, 0.2) is 0 Å². The molecule has 0 heterocycles. The van der Waals surface area contributed by atoms with Crippen LogP contribution >= 0.6 is 23.2 Å². The van der Waals surface area contributed by atoms with Crippen molar-refractivity contribution in [2.45, 2.75) is 19.9 Å². The van der Waals surface area contributed by atoms with Gasteiger partial charge in [0.1, 0.15) is 0 Å². The molecule has 0 saturated carbocycles. The predicted octanol–water partition coefficient (Wildman–Crippen LogP) is 3.23. The Bertz CT molecular complexity index is 543. The van der Waals surface area contributed by atoms with E-state index >= 15 is 0 Å². The van der Waals surface area contributed by atoms with Gasteiger partial charge in [-0.2, -0.15) is 0 Å². The number of hydrogen-bond acceptors (Lipinski definition) is 2. The predicted molar refractivity (Wildman–Crippen MR) is 79.9 cm³/mol. The summed E-state index contributed by atoms with van der Waals surface area (Å²) >= 11 is 11.7. The van der Waals surface area contributed by atoms with Crippen LogP contribution in [0.3, 0.4) is 0 Å². The van der Waals surface area contributed by atoms with Crippen LogP contribution in [0, 0.1) is 5.92 Å². The van der Waals surface area contributed by atoms with Crippen LogP contribution in [0.4, 0.5) is 0 Å². The van der Waals surface area contributed by atoms with Crippen LogP contribution in [0.2, 0.25) is 10.0 Å². The number of nitrogens with one attached hydrogen (secondary N) is 1. The molecular weight excluding hydrogens is 301 g/mol. The lowest BCUT2D eigenvalue weighted by Gasteiger charge is -2.16. The molecule has 0 aliphatic heterocycles. The summed E-state index contributed by atoms with van der Waals surface area (Å²) < 4.78 is 0. The minimum Gasteiger partial charge on any atom is -0.481 e. The molecule has 1 rings (SSSR count). The number of benzene rings is 1. The van der Waals surface area contributed by atoms with Gasteiger partial charge in [-0.1, -0.05) is 29.3 Å². The number of aliphatic carboxylic acids is 1. The van der Waals surface area contributed by atoms with Gasteiger partial charge in [0.05, 0.1) is 5.92 Å². The first-order valence-electron chi connectivity index (χ1n) is 5.97. The van der Waals surface area contributed by atoms with E-state index in [1.165, 1.54) is 13.0 Å². The molecule has 1 amide bonds. The second kappa shape index (κ2) is 7.31. The van der Waals surface area contributed by atoms with E-state index in [2.05, 4.69) is 5.32 Å². The highest BCUT2D eigenvalue weighted by Gasteiger charge is 2.19. The van der Waals surface area contributed by atoms with Gasteiger partial charge in [-0.15, -0.1) is 0 Å². The molecule has 6 heteroatoms. The van der Waals surface area contributed by atoms with Crippen molar-refractivity contribution in [1.82, 2.24) is 5.32 Å². The summed E-state index contributed by atoms with van der Waals surface area (Å²) in [5.41, 5.74) is 0.658. The molecule has 2 atom stereocenters. The topological polar surface area (TPSA) is 66.4 Å². The molecule has 1 aromatic carbocycles. The van der Waals surface area contributed by atoms with Gasteiger partial charge in [0.25, 0.3) is 0 Å². The van der Waals surface area contributed by atoms with Crippen molar-refractivity contribution < 1.29 is 14.7 Å². The molecule has 0 aromatic heterocycles. The molecule has 0 saturated heterocycles. The highest BCUT2D eigenvalue weighted by molar-refractivity contribution is 6.35. The first-order chi connectivity index (χ1) is 9.31. The zero-order valence-corrected chi connectivity index (χ0v) is 12.6. The van der Waals surface area contributed by atoms with Crippen LogP contribution < -0.4 is 5.32 Å². The maximum absolute atomic E-state index is 11.7. The van der Waals surface area contributed by atoms with Crippen molar-refractivity contribution >= 4 is 41.2 Å². The molecule has 0 bridgehead atoms. The number of amides is 1. The Balaban J connectivity index is 2.66. The molecule has 0 aliphatic carbocycles. The van der Waals surface area contributed by atoms with Gasteiger partial charge in [0.2, 0.25) is 5.91 Å². The van der Waals surface area contributed by atoms with Crippen LogP contribution in [-0.2, 0) is 9.59 Å². The average Bonchev–Trinajstić information content (AvgIpc) is 2.36. The molecule has 0 spiro atoms. The summed E-state index contributed by atoms with van der Waals surface area (Å²) in [6.45, 7) is 3.17. The fraction of sp³-hybridized carbons (Fsp3) is 0.286. The molecule has 2 N–H and O–H groups in total. The quantitative estimate of drug-likeness (QED) is 0.820. The summed E-state index contributed by atoms with van der Waals surface area (Å²) in [4.78, 5) is 22.5. The van der Waals surface area contributed by atoms with Crippen LogP contribution in [0.25, 0.3) is 6.08 Å². The highest BCUT2D eigenvalue weighted by Crippen LogP contribution is 2.21. The fourth-order valence-corrected chi connectivity index (χ4v) is 1.88. The van der Waals surface area contributed by atoms with Crippen molar-refractivity contribution in [1.29, 1.82) is 0 Å². The van der Waals surface area contributed by atoms with Gasteiger partial charge in [-0.3, -0.25) is 9.59 Å². The number of hydrogen-bond donors (Lipinski definition) is 2. The summed E-state index contributed by atoms with van der Waals surface area (Å²) in [5, 5.41) is 12.4. The number of carboxylic acids is 1. The maximum atomic E-state index is 11.7. The maximum Gasteiger partial charge on any atom is 0.308 e. The van der Waals surface area contributed by atoms with Crippen molar-refractivity contribution in [2.75, 3.05) is 0 Å². The minimum absolute atomic E-state index is 0.378. The molecule has 0 radical (unpaired) electrons. The van der Waals surface area contributed by atoms with Crippen molar-refractivity contribution in [3.05, 3.63) is 39.9 Å². The van der Waals surface area contributed by atoms with Crippen molar-refractivity contribution in [3.8, 4) is 0 Å². The van der Waals surface area contributed by atoms with Gasteiger partial charge in [-0.05, 0) is 37.6 Å². The first kappa shape index (κ1) is 16.5. The van der Waals surface area contributed by atoms with Crippen molar-refractivity contribution in [2.24, 2.45) is 5.92 Å². The molecular formula is C14H15Cl2NO3. The highest BCUT2D eigenvalue weighted by atomic mass is 35.5. The lowest BCUT2D eigenvalue weighted by atomic mass is 10.0. The van der Waals surface area contributed by atoms with Crippen molar-refractivity contribution in [3.63, 3.8) is 0 Å². The molecule has 0 aliphatic rings. The van der Waals surface area contributed by atoms with Gasteiger partial charge < -0.3 is 10.4 Å². The second-order valence-electron chi connectivity index (χ2n) is 4.42. The Morgan fingerprint density at radius 2 is 1.95 bits per heavy atom. The lowest BCUT2D eigenvalue weighted by Crippen LogP contribution is -2.39. The third kappa shape index (κ3) is 4.87. The van der Waals surface area contributed by atoms with Crippen LogP contribution in [-0.4, -0.2) is 23.0 Å². The Labute approximate surface area is 127 Å². The number of carboxylic acid groups (broad SMARTS) is 1. The Morgan fingerprint density at radius 1 is 1.30 bits per heavy atom. The van der Waals surface area contributed by atoms with Gasteiger partial charge in [0, 0.05) is 22.2 Å². The largest absolute Gasteiger partial charge is 0.481 e. The Morgan fingerprint density at radius 3 is 2.50 bits per heavy atom. The van der Waals surface area contributed by atoms with Crippen LogP contribution in [0.5, 0.6) is 0 Å². The van der Waals surface area contributed by atoms with Gasteiger partial charge >= 0.3 is 5.97 Å². The summed E-state index contributed by atoms with van der Waals surface area (Å²) in [6.07, 6.45) is 2.85.